The van der Waals surface area contributed by atoms with Crippen LogP contribution < -0.4 is 15.5 Å². The van der Waals surface area contributed by atoms with Crippen LogP contribution in [0.25, 0.3) is 0 Å². The minimum atomic E-state index is -4.57. The Morgan fingerprint density at radius 2 is 2.22 bits per heavy atom. The fraction of sp³-hybridized carbons (Fsp3) is 0.471. The summed E-state index contributed by atoms with van der Waals surface area (Å²) in [6, 6.07) is 4.48. The molecule has 2 N–H and O–H groups in total. The lowest BCUT2D eigenvalue weighted by Crippen LogP contribution is -2.35. The van der Waals surface area contributed by atoms with Gasteiger partial charge >= 0.3 is 6.18 Å². The second-order valence-corrected chi connectivity index (χ2v) is 6.92. The molecule has 6 nitrogen and oxygen atoms in total. The Morgan fingerprint density at radius 3 is 2.89 bits per heavy atom. The summed E-state index contributed by atoms with van der Waals surface area (Å²) in [7, 11) is 0. The van der Waals surface area contributed by atoms with Gasteiger partial charge in [-0.1, -0.05) is 6.92 Å². The Bertz CT molecular complexity index is 781. The number of nitrogens with zero attached hydrogens (tertiary/aromatic N) is 3. The Labute approximate surface area is 160 Å². The van der Waals surface area contributed by atoms with E-state index in [-0.39, 0.29) is 16.9 Å². The normalized spacial score (nSPS) is 17.6. The van der Waals surface area contributed by atoms with E-state index >= 15 is 0 Å². The molecule has 1 unspecified atom stereocenters. The van der Waals surface area contributed by atoms with Gasteiger partial charge < -0.3 is 20.0 Å². The van der Waals surface area contributed by atoms with Gasteiger partial charge in [0, 0.05) is 19.2 Å². The van der Waals surface area contributed by atoms with Crippen LogP contribution in [0.2, 0.25) is 0 Å². The molecular formula is C17H20F3N5OS. The van der Waals surface area contributed by atoms with Gasteiger partial charge in [0.2, 0.25) is 5.95 Å². The molecule has 27 heavy (non-hydrogen) atoms. The molecule has 0 aromatic carbocycles. The summed E-state index contributed by atoms with van der Waals surface area (Å²) in [5.41, 5.74) is -0.998. The number of furan rings is 1. The van der Waals surface area contributed by atoms with Crippen LogP contribution in [-0.2, 0) is 12.7 Å². The second kappa shape index (κ2) is 8.12. The van der Waals surface area contributed by atoms with Gasteiger partial charge in [-0.15, -0.1) is 0 Å². The van der Waals surface area contributed by atoms with E-state index in [1.54, 1.807) is 12.1 Å². The maximum Gasteiger partial charge on any atom is 0.433 e. The molecule has 1 saturated heterocycles. The van der Waals surface area contributed by atoms with E-state index in [1.807, 2.05) is 4.90 Å². The summed E-state index contributed by atoms with van der Waals surface area (Å²) in [6.07, 6.45) is -1.08. The van der Waals surface area contributed by atoms with Crippen molar-refractivity contribution in [3.05, 3.63) is 35.9 Å². The predicted molar refractivity (Wildman–Crippen MR) is 99.4 cm³/mol. The van der Waals surface area contributed by atoms with E-state index in [2.05, 4.69) is 27.5 Å². The minimum absolute atomic E-state index is 0.115. The van der Waals surface area contributed by atoms with Crippen molar-refractivity contribution >= 4 is 29.1 Å². The average molecular weight is 399 g/mol. The zero-order valence-corrected chi connectivity index (χ0v) is 15.5. The lowest BCUT2D eigenvalue weighted by Gasteiger charge is -2.32. The van der Waals surface area contributed by atoms with Crippen LogP contribution in [0, 0.1) is 5.92 Å². The third kappa shape index (κ3) is 5.31. The predicted octanol–water partition coefficient (Wildman–Crippen LogP) is 3.81. The van der Waals surface area contributed by atoms with Crippen LogP contribution in [0.5, 0.6) is 0 Å². The molecular weight excluding hydrogens is 379 g/mol. The van der Waals surface area contributed by atoms with Crippen LogP contribution >= 0.6 is 12.2 Å². The van der Waals surface area contributed by atoms with E-state index in [1.165, 1.54) is 6.26 Å². The highest BCUT2D eigenvalue weighted by atomic mass is 32.1. The summed E-state index contributed by atoms with van der Waals surface area (Å²) >= 11 is 5.13. The minimum Gasteiger partial charge on any atom is -0.467 e. The second-order valence-electron chi connectivity index (χ2n) is 6.51. The first-order valence-electron chi connectivity index (χ1n) is 8.60. The quantitative estimate of drug-likeness (QED) is 0.758. The smallest absolute Gasteiger partial charge is 0.433 e. The number of piperidine rings is 1. The first kappa shape index (κ1) is 19.4. The number of anilines is 2. The maximum absolute atomic E-state index is 13.3. The Morgan fingerprint density at radius 1 is 1.41 bits per heavy atom. The molecule has 0 amide bonds. The van der Waals surface area contributed by atoms with E-state index in [4.69, 9.17) is 16.6 Å². The van der Waals surface area contributed by atoms with Crippen molar-refractivity contribution in [3.8, 4) is 0 Å². The summed E-state index contributed by atoms with van der Waals surface area (Å²) in [5, 5.41) is 5.60. The largest absolute Gasteiger partial charge is 0.467 e. The Balaban J connectivity index is 1.76. The van der Waals surface area contributed by atoms with Gasteiger partial charge in [-0.2, -0.15) is 18.2 Å². The molecule has 1 aliphatic heterocycles. The van der Waals surface area contributed by atoms with Gasteiger partial charge in [-0.3, -0.25) is 0 Å². The third-order valence-electron chi connectivity index (χ3n) is 4.21. The van der Waals surface area contributed by atoms with Crippen molar-refractivity contribution in [1.82, 2.24) is 15.3 Å². The van der Waals surface area contributed by atoms with Crippen molar-refractivity contribution in [2.75, 3.05) is 23.3 Å². The molecule has 10 heteroatoms. The number of aromatic nitrogens is 2. The standard InChI is InChI=1S/C17H20F3N5OS/c1-11-4-2-6-25(10-11)14-8-13(17(18,19)20)22-15(23-14)24-16(27)21-9-12-5-3-7-26-12/h3,5,7-8,11H,2,4,6,9-10H2,1H3,(H2,21,22,23,24,27). The molecule has 0 spiro atoms. The number of hydrogen-bond donors (Lipinski definition) is 2. The highest BCUT2D eigenvalue weighted by Gasteiger charge is 2.34. The van der Waals surface area contributed by atoms with E-state index in [0.717, 1.165) is 18.9 Å². The molecule has 2 aromatic heterocycles. The summed E-state index contributed by atoms with van der Waals surface area (Å²) in [6.45, 7) is 3.70. The highest BCUT2D eigenvalue weighted by molar-refractivity contribution is 7.80. The van der Waals surface area contributed by atoms with Crippen LogP contribution in [0.3, 0.4) is 0 Å². The van der Waals surface area contributed by atoms with Crippen molar-refractivity contribution < 1.29 is 17.6 Å². The molecule has 3 rings (SSSR count). The average Bonchev–Trinajstić information content (AvgIpc) is 3.12. The maximum atomic E-state index is 13.3. The Kier molecular flexibility index (Phi) is 5.83. The molecule has 0 saturated carbocycles. The van der Waals surface area contributed by atoms with Crippen molar-refractivity contribution in [3.63, 3.8) is 0 Å². The van der Waals surface area contributed by atoms with Crippen molar-refractivity contribution in [2.45, 2.75) is 32.5 Å². The third-order valence-corrected chi connectivity index (χ3v) is 4.46. The number of halogens is 3. The lowest BCUT2D eigenvalue weighted by molar-refractivity contribution is -0.141. The fourth-order valence-electron chi connectivity index (χ4n) is 2.92. The summed E-state index contributed by atoms with van der Waals surface area (Å²) < 4.78 is 45.0. The SMILES string of the molecule is CC1CCCN(c2cc(C(F)(F)F)nc(NC(=S)NCc3ccco3)n2)C1. The van der Waals surface area contributed by atoms with Gasteiger partial charge in [0.05, 0.1) is 12.8 Å². The molecule has 146 valence electrons. The van der Waals surface area contributed by atoms with Gasteiger partial charge in [0.25, 0.3) is 0 Å². The first-order valence-corrected chi connectivity index (χ1v) is 9.00. The van der Waals surface area contributed by atoms with Crippen molar-refractivity contribution in [1.29, 1.82) is 0 Å². The molecule has 2 aromatic rings. The first-order chi connectivity index (χ1) is 12.8. The molecule has 0 radical (unpaired) electrons. The fourth-order valence-corrected chi connectivity index (χ4v) is 3.08. The number of thiocarbonyl (C=S) groups is 1. The Hall–Kier alpha value is -2.36. The van der Waals surface area contributed by atoms with Crippen LogP contribution in [0.1, 0.15) is 31.2 Å². The lowest BCUT2D eigenvalue weighted by atomic mass is 10.0. The van der Waals surface area contributed by atoms with Gasteiger partial charge in [-0.05, 0) is 43.1 Å². The molecule has 1 fully saturated rings. The zero-order valence-electron chi connectivity index (χ0n) is 14.7. The number of alkyl halides is 3. The van der Waals surface area contributed by atoms with Crippen LogP contribution in [-0.4, -0.2) is 28.2 Å². The van der Waals surface area contributed by atoms with E-state index in [0.29, 0.717) is 31.3 Å². The van der Waals surface area contributed by atoms with E-state index < -0.39 is 11.9 Å². The molecule has 0 aliphatic carbocycles. The van der Waals surface area contributed by atoms with Crippen LogP contribution in [0.15, 0.2) is 28.9 Å². The topological polar surface area (TPSA) is 66.2 Å². The summed E-state index contributed by atoms with van der Waals surface area (Å²) in [4.78, 5) is 9.68. The number of rotatable bonds is 4. The van der Waals surface area contributed by atoms with Gasteiger partial charge in [0.15, 0.2) is 10.8 Å². The highest BCUT2D eigenvalue weighted by Crippen LogP contribution is 2.31. The monoisotopic (exact) mass is 399 g/mol. The van der Waals surface area contributed by atoms with Crippen LogP contribution in [0.4, 0.5) is 24.9 Å². The summed E-state index contributed by atoms with van der Waals surface area (Å²) in [5.74, 6) is 1.11. The van der Waals surface area contributed by atoms with Gasteiger partial charge in [0.1, 0.15) is 11.6 Å². The zero-order chi connectivity index (χ0) is 19.4. The number of hydrogen-bond acceptors (Lipinski definition) is 5. The molecule has 3 heterocycles. The molecule has 1 atom stereocenters. The van der Waals surface area contributed by atoms with Gasteiger partial charge in [-0.25, -0.2) is 4.98 Å². The van der Waals surface area contributed by atoms with Crippen molar-refractivity contribution in [2.24, 2.45) is 5.92 Å². The molecule has 1 aliphatic rings. The number of nitrogens with one attached hydrogen (secondary N) is 2. The van der Waals surface area contributed by atoms with E-state index in [9.17, 15) is 13.2 Å². The molecule has 0 bridgehead atoms.